The van der Waals surface area contributed by atoms with Crippen molar-refractivity contribution in [2.45, 2.75) is 6.42 Å². The van der Waals surface area contributed by atoms with Gasteiger partial charge in [0.25, 0.3) is 0 Å². The molecule has 0 aromatic carbocycles. The number of halogens is 1. The SMILES string of the molecule is O=C1CCN(c2nc(Br)n3ccccc23)C(=O)N1. The maximum atomic E-state index is 11.8. The average molecular weight is 309 g/mol. The van der Waals surface area contributed by atoms with E-state index in [0.717, 1.165) is 5.52 Å². The van der Waals surface area contributed by atoms with Crippen LogP contribution in [-0.4, -0.2) is 27.9 Å². The van der Waals surface area contributed by atoms with Crippen LogP contribution in [0, 0.1) is 0 Å². The van der Waals surface area contributed by atoms with Crippen LogP contribution in [0.2, 0.25) is 0 Å². The van der Waals surface area contributed by atoms with Crippen molar-refractivity contribution in [2.75, 3.05) is 11.4 Å². The van der Waals surface area contributed by atoms with E-state index in [1.165, 1.54) is 4.90 Å². The number of nitrogens with one attached hydrogen (secondary N) is 1. The summed E-state index contributed by atoms with van der Waals surface area (Å²) in [7, 11) is 0. The number of pyridine rings is 1. The fraction of sp³-hybridized carbons (Fsp3) is 0.182. The van der Waals surface area contributed by atoms with Crippen LogP contribution in [0.5, 0.6) is 0 Å². The lowest BCUT2D eigenvalue weighted by Crippen LogP contribution is -2.49. The molecule has 0 unspecified atom stereocenters. The quantitative estimate of drug-likeness (QED) is 0.869. The molecule has 7 heteroatoms. The second kappa shape index (κ2) is 4.09. The summed E-state index contributed by atoms with van der Waals surface area (Å²) in [5.74, 6) is 0.298. The molecule has 1 aliphatic rings. The second-order valence-corrected chi connectivity index (χ2v) is 4.62. The number of fused-ring (bicyclic) bond motifs is 1. The van der Waals surface area contributed by atoms with Crippen molar-refractivity contribution < 1.29 is 9.59 Å². The van der Waals surface area contributed by atoms with E-state index < -0.39 is 6.03 Å². The summed E-state index contributed by atoms with van der Waals surface area (Å²) in [6.07, 6.45) is 2.14. The summed E-state index contributed by atoms with van der Waals surface area (Å²) in [4.78, 5) is 28.7. The van der Waals surface area contributed by atoms with Gasteiger partial charge in [-0.2, -0.15) is 0 Å². The number of imide groups is 1. The number of carbonyl (C=O) groups is 2. The minimum absolute atomic E-state index is 0.251. The Bertz CT molecular complexity index is 652. The second-order valence-electron chi connectivity index (χ2n) is 3.92. The van der Waals surface area contributed by atoms with Gasteiger partial charge in [0.1, 0.15) is 0 Å². The summed E-state index contributed by atoms with van der Waals surface area (Å²) >= 11 is 3.34. The molecule has 0 aliphatic carbocycles. The number of anilines is 1. The van der Waals surface area contributed by atoms with E-state index in [-0.39, 0.29) is 12.3 Å². The van der Waals surface area contributed by atoms with Crippen LogP contribution >= 0.6 is 15.9 Å². The number of urea groups is 1. The maximum Gasteiger partial charge on any atom is 0.329 e. The molecule has 0 radical (unpaired) electrons. The van der Waals surface area contributed by atoms with Crippen LogP contribution in [0.4, 0.5) is 10.6 Å². The highest BCUT2D eigenvalue weighted by Gasteiger charge is 2.27. The summed E-state index contributed by atoms with van der Waals surface area (Å²) in [6, 6.07) is 5.20. The lowest BCUT2D eigenvalue weighted by molar-refractivity contribution is -0.120. The largest absolute Gasteiger partial charge is 0.329 e. The van der Waals surface area contributed by atoms with Gasteiger partial charge >= 0.3 is 6.03 Å². The molecular weight excluding hydrogens is 300 g/mol. The molecule has 92 valence electrons. The first-order chi connectivity index (χ1) is 8.66. The normalized spacial score (nSPS) is 16.2. The molecule has 3 amide bonds. The van der Waals surface area contributed by atoms with E-state index >= 15 is 0 Å². The van der Waals surface area contributed by atoms with Crippen molar-refractivity contribution in [3.63, 3.8) is 0 Å². The molecular formula is C11H9BrN4O2. The Hall–Kier alpha value is -1.89. The van der Waals surface area contributed by atoms with Crippen LogP contribution in [0.3, 0.4) is 0 Å². The summed E-state index contributed by atoms with van der Waals surface area (Å²) in [6.45, 7) is 0.346. The monoisotopic (exact) mass is 308 g/mol. The minimum Gasteiger partial charge on any atom is -0.292 e. The zero-order chi connectivity index (χ0) is 12.7. The molecule has 3 heterocycles. The van der Waals surface area contributed by atoms with Crippen molar-refractivity contribution in [1.82, 2.24) is 14.7 Å². The zero-order valence-electron chi connectivity index (χ0n) is 9.26. The van der Waals surface area contributed by atoms with E-state index in [1.807, 2.05) is 28.8 Å². The molecule has 1 saturated heterocycles. The standard InChI is InChI=1S/C11H9BrN4O2/c12-10-14-9(7-3-1-2-5-15(7)10)16-6-4-8(17)13-11(16)18/h1-3,5H,4,6H2,(H,13,17,18). The molecule has 2 aromatic rings. The van der Waals surface area contributed by atoms with Gasteiger partial charge in [-0.15, -0.1) is 0 Å². The van der Waals surface area contributed by atoms with Gasteiger partial charge in [-0.25, -0.2) is 9.78 Å². The molecule has 1 aliphatic heterocycles. The van der Waals surface area contributed by atoms with E-state index in [0.29, 0.717) is 17.1 Å². The van der Waals surface area contributed by atoms with Gasteiger partial charge in [0.15, 0.2) is 10.6 Å². The third-order valence-electron chi connectivity index (χ3n) is 2.80. The van der Waals surface area contributed by atoms with Gasteiger partial charge in [0.05, 0.1) is 5.52 Å². The summed E-state index contributed by atoms with van der Waals surface area (Å²) < 4.78 is 2.46. The van der Waals surface area contributed by atoms with Gasteiger partial charge in [0.2, 0.25) is 5.91 Å². The average Bonchev–Trinajstić information content (AvgIpc) is 2.68. The van der Waals surface area contributed by atoms with Crippen molar-refractivity contribution in [2.24, 2.45) is 0 Å². The van der Waals surface area contributed by atoms with Crippen LogP contribution < -0.4 is 10.2 Å². The van der Waals surface area contributed by atoms with Gasteiger partial charge in [-0.05, 0) is 28.1 Å². The predicted octanol–water partition coefficient (Wildman–Crippen LogP) is 1.54. The molecule has 1 fully saturated rings. The van der Waals surface area contributed by atoms with Crippen molar-refractivity contribution in [1.29, 1.82) is 0 Å². The van der Waals surface area contributed by atoms with Crippen molar-refractivity contribution in [3.8, 4) is 0 Å². The van der Waals surface area contributed by atoms with Gasteiger partial charge in [0, 0.05) is 19.2 Å². The predicted molar refractivity (Wildman–Crippen MR) is 68.4 cm³/mol. The third-order valence-corrected chi connectivity index (χ3v) is 3.35. The van der Waals surface area contributed by atoms with Crippen LogP contribution in [0.1, 0.15) is 6.42 Å². The number of hydrogen-bond acceptors (Lipinski definition) is 3. The Morgan fingerprint density at radius 2 is 2.17 bits per heavy atom. The smallest absolute Gasteiger partial charge is 0.292 e. The van der Waals surface area contributed by atoms with E-state index in [9.17, 15) is 9.59 Å². The first kappa shape index (κ1) is 11.2. The zero-order valence-corrected chi connectivity index (χ0v) is 10.8. The Kier molecular flexibility index (Phi) is 2.55. The molecule has 1 N–H and O–H groups in total. The first-order valence-corrected chi connectivity index (χ1v) is 6.20. The van der Waals surface area contributed by atoms with E-state index in [1.54, 1.807) is 0 Å². The molecule has 6 nitrogen and oxygen atoms in total. The molecule has 0 bridgehead atoms. The Morgan fingerprint density at radius 3 is 2.94 bits per heavy atom. The number of rotatable bonds is 1. The van der Waals surface area contributed by atoms with Gasteiger partial charge in [-0.3, -0.25) is 19.4 Å². The lowest BCUT2D eigenvalue weighted by Gasteiger charge is -2.24. The number of carbonyl (C=O) groups excluding carboxylic acids is 2. The lowest BCUT2D eigenvalue weighted by atomic mass is 10.3. The molecule has 0 atom stereocenters. The van der Waals surface area contributed by atoms with Crippen LogP contribution in [0.25, 0.3) is 5.52 Å². The Morgan fingerprint density at radius 1 is 1.33 bits per heavy atom. The highest BCUT2D eigenvalue weighted by atomic mass is 79.9. The Labute approximate surface area is 111 Å². The number of amides is 3. The number of nitrogens with zero attached hydrogens (tertiary/aromatic N) is 3. The maximum absolute atomic E-state index is 11.8. The third kappa shape index (κ3) is 1.67. The summed E-state index contributed by atoms with van der Waals surface area (Å²) in [5, 5.41) is 2.29. The molecule has 18 heavy (non-hydrogen) atoms. The van der Waals surface area contributed by atoms with E-state index in [4.69, 9.17) is 0 Å². The highest BCUT2D eigenvalue weighted by molar-refractivity contribution is 9.10. The molecule has 0 spiro atoms. The highest BCUT2D eigenvalue weighted by Crippen LogP contribution is 2.26. The topological polar surface area (TPSA) is 66.7 Å². The summed E-state index contributed by atoms with van der Waals surface area (Å²) in [5.41, 5.74) is 0.814. The molecule has 0 saturated carbocycles. The number of aromatic nitrogens is 2. The van der Waals surface area contributed by atoms with Crippen LogP contribution in [0.15, 0.2) is 29.1 Å². The fourth-order valence-electron chi connectivity index (χ4n) is 1.95. The van der Waals surface area contributed by atoms with Gasteiger partial charge < -0.3 is 0 Å². The number of imidazole rings is 1. The fourth-order valence-corrected chi connectivity index (χ4v) is 2.43. The first-order valence-electron chi connectivity index (χ1n) is 5.41. The number of hydrogen-bond donors (Lipinski definition) is 1. The minimum atomic E-state index is -0.428. The van der Waals surface area contributed by atoms with Crippen molar-refractivity contribution >= 4 is 39.2 Å². The van der Waals surface area contributed by atoms with Crippen molar-refractivity contribution in [3.05, 3.63) is 29.1 Å². The molecule has 3 rings (SSSR count). The van der Waals surface area contributed by atoms with E-state index in [2.05, 4.69) is 26.2 Å². The van der Waals surface area contributed by atoms with Gasteiger partial charge in [-0.1, -0.05) is 6.07 Å². The Balaban J connectivity index is 2.09. The molecule has 2 aromatic heterocycles. The van der Waals surface area contributed by atoms with Crippen LogP contribution in [-0.2, 0) is 4.79 Å².